The Labute approximate surface area is 282 Å². The van der Waals surface area contributed by atoms with Gasteiger partial charge in [-0.3, -0.25) is 9.55 Å². The molecule has 0 unspecified atom stereocenters. The zero-order chi connectivity index (χ0) is 33.0. The van der Waals surface area contributed by atoms with Crippen molar-refractivity contribution in [1.82, 2.24) is 14.5 Å². The minimum absolute atomic E-state index is 0.0112. The number of hydrogen-bond acceptors (Lipinski definition) is 3. The van der Waals surface area contributed by atoms with Gasteiger partial charge in [0, 0.05) is 23.0 Å². The van der Waals surface area contributed by atoms with E-state index in [2.05, 4.69) is 129 Å². The van der Waals surface area contributed by atoms with Crippen LogP contribution in [-0.4, -0.2) is 19.6 Å². The molecule has 0 amide bonds. The maximum absolute atomic E-state index is 11.8. The molecule has 48 heavy (non-hydrogen) atoms. The van der Waals surface area contributed by atoms with Gasteiger partial charge < -0.3 is 5.11 Å². The van der Waals surface area contributed by atoms with Gasteiger partial charge in [0.15, 0.2) is 0 Å². The van der Waals surface area contributed by atoms with E-state index in [1.807, 2.05) is 36.5 Å². The van der Waals surface area contributed by atoms with E-state index in [0.29, 0.717) is 0 Å². The number of hydrogen-bond donors (Lipinski definition) is 1. The van der Waals surface area contributed by atoms with Crippen LogP contribution in [0.25, 0.3) is 61.6 Å². The smallest absolute Gasteiger partial charge is 0.149 e. The summed E-state index contributed by atoms with van der Waals surface area (Å²) in [6.07, 6.45) is 4.01. The first-order chi connectivity index (χ1) is 23.2. The molecule has 5 aromatic carbocycles. The Bertz CT molecular complexity index is 2230. The molecule has 0 spiro atoms. The normalized spacial score (nSPS) is 14.9. The van der Waals surface area contributed by atoms with Crippen molar-refractivity contribution in [3.63, 3.8) is 0 Å². The van der Waals surface area contributed by atoms with Crippen molar-refractivity contribution in [2.24, 2.45) is 0 Å². The van der Waals surface area contributed by atoms with Crippen molar-refractivity contribution in [2.45, 2.75) is 51.4 Å². The Hall–Kier alpha value is -5.48. The number of aromatic nitrogens is 3. The zero-order valence-electron chi connectivity index (χ0n) is 27.9. The summed E-state index contributed by atoms with van der Waals surface area (Å²) in [5.41, 5.74) is 12.4. The second-order valence-electron chi connectivity index (χ2n) is 14.3. The molecule has 0 radical (unpaired) electrons. The standard InChI is InChI=1S/C44H39N3O/c1-43(2)21-22-44(3,4)37-28-40(48)35(27-36(37)43)42-46-41-34(18-13-20-39(41)47(42)33-16-9-6-10-17-33)31-24-30(29-14-7-5-8-15-29)25-32(26-31)38-19-11-12-23-45-38/h5-20,23-28,48H,21-22H2,1-4H3. The number of fused-ring (bicyclic) bond motifs is 2. The summed E-state index contributed by atoms with van der Waals surface area (Å²) in [6.45, 7) is 9.21. The fraction of sp³-hybridized carbons (Fsp3) is 0.182. The van der Waals surface area contributed by atoms with Crippen LogP contribution < -0.4 is 0 Å². The van der Waals surface area contributed by atoms with Crippen LogP contribution in [0.5, 0.6) is 5.75 Å². The summed E-state index contributed by atoms with van der Waals surface area (Å²) < 4.78 is 2.20. The molecule has 0 saturated carbocycles. The van der Waals surface area contributed by atoms with Gasteiger partial charge in [-0.2, -0.15) is 0 Å². The second kappa shape index (κ2) is 11.3. The van der Waals surface area contributed by atoms with Gasteiger partial charge in [0.25, 0.3) is 0 Å². The average Bonchev–Trinajstić information content (AvgIpc) is 3.51. The monoisotopic (exact) mass is 625 g/mol. The molecular weight excluding hydrogens is 587 g/mol. The van der Waals surface area contributed by atoms with Crippen LogP contribution >= 0.6 is 0 Å². The number of benzene rings is 5. The quantitative estimate of drug-likeness (QED) is 0.207. The Kier molecular flexibility index (Phi) is 7.06. The molecule has 1 aliphatic carbocycles. The molecule has 2 aromatic heterocycles. The lowest BCUT2D eigenvalue weighted by Gasteiger charge is -2.42. The van der Waals surface area contributed by atoms with Gasteiger partial charge in [-0.15, -0.1) is 0 Å². The lowest BCUT2D eigenvalue weighted by Crippen LogP contribution is -2.33. The molecular formula is C44H39N3O. The van der Waals surface area contributed by atoms with Gasteiger partial charge in [-0.05, 0) is 112 Å². The predicted octanol–water partition coefficient (Wildman–Crippen LogP) is 11.1. The van der Waals surface area contributed by atoms with Crippen LogP contribution in [0.3, 0.4) is 0 Å². The van der Waals surface area contributed by atoms with Crippen LogP contribution in [0, 0.1) is 0 Å². The number of nitrogens with zero attached hydrogens (tertiary/aromatic N) is 3. The molecule has 0 fully saturated rings. The van der Waals surface area contributed by atoms with Gasteiger partial charge in [0.2, 0.25) is 0 Å². The molecule has 7 aromatic rings. The Balaban J connectivity index is 1.40. The first-order valence-corrected chi connectivity index (χ1v) is 16.8. The molecule has 4 nitrogen and oxygen atoms in total. The highest BCUT2D eigenvalue weighted by molar-refractivity contribution is 5.97. The van der Waals surface area contributed by atoms with Gasteiger partial charge >= 0.3 is 0 Å². The molecule has 4 heteroatoms. The number of phenols is 1. The summed E-state index contributed by atoms with van der Waals surface area (Å²) in [7, 11) is 0. The van der Waals surface area contributed by atoms with E-state index in [4.69, 9.17) is 9.97 Å². The number of rotatable bonds is 5. The van der Waals surface area contributed by atoms with E-state index >= 15 is 0 Å². The van der Waals surface area contributed by atoms with Crippen molar-refractivity contribution in [2.75, 3.05) is 0 Å². The second-order valence-corrected chi connectivity index (χ2v) is 14.3. The third-order valence-corrected chi connectivity index (χ3v) is 10.2. The van der Waals surface area contributed by atoms with Crippen molar-refractivity contribution in [3.05, 3.63) is 145 Å². The van der Waals surface area contributed by atoms with E-state index in [1.54, 1.807) is 0 Å². The first-order valence-electron chi connectivity index (χ1n) is 16.8. The van der Waals surface area contributed by atoms with Crippen LogP contribution in [0.4, 0.5) is 0 Å². The highest BCUT2D eigenvalue weighted by atomic mass is 16.3. The molecule has 236 valence electrons. The fourth-order valence-corrected chi connectivity index (χ4v) is 7.39. The highest BCUT2D eigenvalue weighted by Gasteiger charge is 2.38. The Morgan fingerprint density at radius 3 is 1.94 bits per heavy atom. The largest absolute Gasteiger partial charge is 0.507 e. The Morgan fingerprint density at radius 2 is 1.23 bits per heavy atom. The lowest BCUT2D eigenvalue weighted by molar-refractivity contribution is 0.330. The fourth-order valence-electron chi connectivity index (χ4n) is 7.39. The minimum Gasteiger partial charge on any atom is -0.507 e. The van der Waals surface area contributed by atoms with Gasteiger partial charge in [0.05, 0.1) is 22.3 Å². The number of phenolic OH excluding ortho intramolecular Hbond substituents is 1. The molecule has 0 atom stereocenters. The van der Waals surface area contributed by atoms with Crippen LogP contribution in [0.2, 0.25) is 0 Å². The van der Waals surface area contributed by atoms with Gasteiger partial charge in [-0.1, -0.05) is 94.4 Å². The summed E-state index contributed by atoms with van der Waals surface area (Å²) in [5, 5.41) is 11.8. The van der Waals surface area contributed by atoms with E-state index in [1.165, 1.54) is 11.1 Å². The Morgan fingerprint density at radius 1 is 0.583 bits per heavy atom. The predicted molar refractivity (Wildman–Crippen MR) is 198 cm³/mol. The highest BCUT2D eigenvalue weighted by Crippen LogP contribution is 2.49. The van der Waals surface area contributed by atoms with Crippen molar-refractivity contribution >= 4 is 11.0 Å². The van der Waals surface area contributed by atoms with E-state index in [9.17, 15) is 5.11 Å². The molecule has 0 aliphatic heterocycles. The van der Waals surface area contributed by atoms with Crippen molar-refractivity contribution in [3.8, 4) is 56.3 Å². The molecule has 0 saturated heterocycles. The van der Waals surface area contributed by atoms with Gasteiger partial charge in [0.1, 0.15) is 11.6 Å². The van der Waals surface area contributed by atoms with Crippen LogP contribution in [-0.2, 0) is 10.8 Å². The zero-order valence-corrected chi connectivity index (χ0v) is 27.9. The maximum atomic E-state index is 11.8. The summed E-state index contributed by atoms with van der Waals surface area (Å²) in [4.78, 5) is 10.1. The van der Waals surface area contributed by atoms with E-state index < -0.39 is 0 Å². The third kappa shape index (κ3) is 5.09. The van der Waals surface area contributed by atoms with Crippen LogP contribution in [0.15, 0.2) is 134 Å². The number of para-hydroxylation sites is 2. The molecule has 1 N–H and O–H groups in total. The molecule has 2 heterocycles. The first kappa shape index (κ1) is 29.9. The molecule has 1 aliphatic rings. The molecule has 0 bridgehead atoms. The average molecular weight is 626 g/mol. The third-order valence-electron chi connectivity index (χ3n) is 10.2. The topological polar surface area (TPSA) is 50.9 Å². The van der Waals surface area contributed by atoms with E-state index in [-0.39, 0.29) is 16.6 Å². The SMILES string of the molecule is CC1(C)CCC(C)(C)c2cc(-c3nc4c(-c5cc(-c6ccccc6)cc(-c6ccccn6)c5)cccc4n3-c3ccccc3)c(O)cc21. The molecule has 8 rings (SSSR count). The number of aromatic hydroxyl groups is 1. The maximum Gasteiger partial charge on any atom is 0.149 e. The summed E-state index contributed by atoms with van der Waals surface area (Å²) >= 11 is 0. The van der Waals surface area contributed by atoms with E-state index in [0.717, 1.165) is 74.5 Å². The van der Waals surface area contributed by atoms with Crippen molar-refractivity contribution < 1.29 is 5.11 Å². The summed E-state index contributed by atoms with van der Waals surface area (Å²) in [5.74, 6) is 0.990. The number of pyridine rings is 1. The lowest BCUT2D eigenvalue weighted by atomic mass is 9.63. The minimum atomic E-state index is -0.0121. The van der Waals surface area contributed by atoms with Crippen LogP contribution in [0.1, 0.15) is 51.7 Å². The summed E-state index contributed by atoms with van der Waals surface area (Å²) in [6, 6.07) is 44.1. The number of imidazole rings is 1. The van der Waals surface area contributed by atoms with Crippen molar-refractivity contribution in [1.29, 1.82) is 0 Å². The van der Waals surface area contributed by atoms with Gasteiger partial charge in [-0.25, -0.2) is 4.98 Å².